The molecule has 3 aromatic rings. The van der Waals surface area contributed by atoms with E-state index in [1.807, 2.05) is 44.2 Å². The number of benzene rings is 2. The number of nitrogens with zero attached hydrogens (tertiary/aromatic N) is 1. The fraction of sp³-hybridized carbons (Fsp3) is 0.250. The van der Waals surface area contributed by atoms with Gasteiger partial charge in [0.2, 0.25) is 0 Å². The van der Waals surface area contributed by atoms with Gasteiger partial charge in [-0.15, -0.1) is 11.8 Å². The van der Waals surface area contributed by atoms with Crippen LogP contribution in [-0.4, -0.2) is 25.2 Å². The Balaban J connectivity index is 1.73. The van der Waals surface area contributed by atoms with Crippen LogP contribution in [0.4, 0.5) is 0 Å². The van der Waals surface area contributed by atoms with Crippen LogP contribution in [0.5, 0.6) is 11.5 Å². The van der Waals surface area contributed by atoms with E-state index in [1.54, 1.807) is 32.5 Å². The van der Waals surface area contributed by atoms with Crippen molar-refractivity contribution in [2.45, 2.75) is 31.2 Å². The van der Waals surface area contributed by atoms with E-state index >= 15 is 0 Å². The van der Waals surface area contributed by atoms with Crippen molar-refractivity contribution in [3.8, 4) is 11.5 Å². The second-order valence-electron chi connectivity index (χ2n) is 6.85. The number of rotatable bonds is 8. The minimum atomic E-state index is -0.412. The van der Waals surface area contributed by atoms with Crippen molar-refractivity contribution in [3.63, 3.8) is 0 Å². The molecule has 1 heterocycles. The van der Waals surface area contributed by atoms with E-state index in [4.69, 9.17) is 14.2 Å². The van der Waals surface area contributed by atoms with Gasteiger partial charge in [0.05, 0.1) is 19.8 Å². The van der Waals surface area contributed by atoms with Gasteiger partial charge >= 0.3 is 5.97 Å². The zero-order valence-corrected chi connectivity index (χ0v) is 18.4. The minimum Gasteiger partial charge on any atom is -0.496 e. The number of aromatic nitrogens is 1. The van der Waals surface area contributed by atoms with Crippen molar-refractivity contribution in [1.29, 1.82) is 0 Å². The summed E-state index contributed by atoms with van der Waals surface area (Å²) in [5.41, 5.74) is 4.55. The molecule has 3 rings (SSSR count). The van der Waals surface area contributed by atoms with E-state index in [-0.39, 0.29) is 6.61 Å². The second kappa shape index (κ2) is 10.2. The van der Waals surface area contributed by atoms with Gasteiger partial charge in [0.15, 0.2) is 0 Å². The van der Waals surface area contributed by atoms with Crippen molar-refractivity contribution in [2.75, 3.05) is 14.2 Å². The fourth-order valence-electron chi connectivity index (χ4n) is 3.07. The Labute approximate surface area is 181 Å². The summed E-state index contributed by atoms with van der Waals surface area (Å²) in [4.78, 5) is 17.2. The summed E-state index contributed by atoms with van der Waals surface area (Å²) in [7, 11) is 3.26. The van der Waals surface area contributed by atoms with Gasteiger partial charge in [-0.3, -0.25) is 0 Å². The monoisotopic (exact) mass is 423 g/mol. The lowest BCUT2D eigenvalue weighted by molar-refractivity contribution is 0.0465. The summed E-state index contributed by atoms with van der Waals surface area (Å²) in [5, 5.41) is 0.627. The van der Waals surface area contributed by atoms with Crippen LogP contribution in [-0.2, 0) is 17.1 Å². The van der Waals surface area contributed by atoms with Crippen molar-refractivity contribution >= 4 is 17.7 Å². The van der Waals surface area contributed by atoms with E-state index in [9.17, 15) is 4.79 Å². The maximum absolute atomic E-state index is 12.8. The van der Waals surface area contributed by atoms with Crippen LogP contribution in [0, 0.1) is 13.8 Å². The van der Waals surface area contributed by atoms with Gasteiger partial charge in [0.1, 0.15) is 23.1 Å². The first kappa shape index (κ1) is 21.7. The summed E-state index contributed by atoms with van der Waals surface area (Å²) in [6.07, 6.45) is 1.68. The summed E-state index contributed by atoms with van der Waals surface area (Å²) in [6, 6.07) is 15.3. The summed E-state index contributed by atoms with van der Waals surface area (Å²) < 4.78 is 16.4. The predicted octanol–water partition coefficient (Wildman–Crippen LogP) is 5.36. The van der Waals surface area contributed by atoms with Crippen LogP contribution in [0.3, 0.4) is 0 Å². The maximum Gasteiger partial charge on any atom is 0.341 e. The molecule has 0 aliphatic carbocycles. The molecule has 0 amide bonds. The zero-order valence-electron chi connectivity index (χ0n) is 17.6. The Morgan fingerprint density at radius 1 is 0.933 bits per heavy atom. The SMILES string of the molecule is COc1ccc(C)cc1COC(=O)c1cccnc1SCc1cc(C)ccc1OC. The van der Waals surface area contributed by atoms with E-state index in [2.05, 4.69) is 11.1 Å². The van der Waals surface area contributed by atoms with Crippen molar-refractivity contribution < 1.29 is 19.0 Å². The molecule has 6 heteroatoms. The first-order chi connectivity index (χ1) is 14.5. The van der Waals surface area contributed by atoms with E-state index in [0.717, 1.165) is 28.0 Å². The molecule has 156 valence electrons. The number of carbonyl (C=O) groups is 1. The van der Waals surface area contributed by atoms with Gasteiger partial charge in [0.25, 0.3) is 0 Å². The van der Waals surface area contributed by atoms with Crippen LogP contribution in [0.2, 0.25) is 0 Å². The highest BCUT2D eigenvalue weighted by Gasteiger charge is 2.16. The van der Waals surface area contributed by atoms with Gasteiger partial charge < -0.3 is 14.2 Å². The Kier molecular flexibility index (Phi) is 7.36. The second-order valence-corrected chi connectivity index (χ2v) is 7.82. The van der Waals surface area contributed by atoms with Gasteiger partial charge in [0, 0.05) is 23.1 Å². The van der Waals surface area contributed by atoms with Crippen molar-refractivity contribution in [3.05, 3.63) is 82.5 Å². The van der Waals surface area contributed by atoms with E-state index < -0.39 is 5.97 Å². The Hall–Kier alpha value is -2.99. The van der Waals surface area contributed by atoms with Gasteiger partial charge in [-0.05, 0) is 44.2 Å². The Morgan fingerprint density at radius 3 is 2.23 bits per heavy atom. The van der Waals surface area contributed by atoms with Gasteiger partial charge in [-0.2, -0.15) is 0 Å². The number of hydrogen-bond acceptors (Lipinski definition) is 6. The largest absolute Gasteiger partial charge is 0.496 e. The van der Waals surface area contributed by atoms with Gasteiger partial charge in [-0.25, -0.2) is 9.78 Å². The number of methoxy groups -OCH3 is 2. The molecule has 0 N–H and O–H groups in total. The molecule has 0 spiro atoms. The molecule has 0 saturated carbocycles. The highest BCUT2D eigenvalue weighted by molar-refractivity contribution is 7.98. The lowest BCUT2D eigenvalue weighted by Crippen LogP contribution is -2.08. The van der Waals surface area contributed by atoms with Crippen LogP contribution in [0.25, 0.3) is 0 Å². The number of aryl methyl sites for hydroxylation is 2. The van der Waals surface area contributed by atoms with Crippen molar-refractivity contribution in [1.82, 2.24) is 4.98 Å². The minimum absolute atomic E-state index is 0.133. The maximum atomic E-state index is 12.8. The number of esters is 1. The molecule has 30 heavy (non-hydrogen) atoms. The molecular formula is C24H25NO4S. The summed E-state index contributed by atoms with van der Waals surface area (Å²) >= 11 is 1.48. The molecular weight excluding hydrogens is 398 g/mol. The molecule has 0 radical (unpaired) electrons. The normalized spacial score (nSPS) is 10.5. The fourth-order valence-corrected chi connectivity index (χ4v) is 4.03. The molecule has 0 bridgehead atoms. The lowest BCUT2D eigenvalue weighted by atomic mass is 10.1. The van der Waals surface area contributed by atoms with E-state index in [1.165, 1.54) is 11.8 Å². The molecule has 0 aliphatic heterocycles. The van der Waals surface area contributed by atoms with Crippen molar-refractivity contribution in [2.24, 2.45) is 0 Å². The molecule has 0 atom stereocenters. The average Bonchev–Trinajstić information content (AvgIpc) is 2.76. The number of carbonyl (C=O) groups excluding carboxylic acids is 1. The first-order valence-electron chi connectivity index (χ1n) is 9.53. The Morgan fingerprint density at radius 2 is 1.57 bits per heavy atom. The highest BCUT2D eigenvalue weighted by Crippen LogP contribution is 2.30. The molecule has 1 aromatic heterocycles. The number of ether oxygens (including phenoxy) is 3. The molecule has 2 aromatic carbocycles. The van der Waals surface area contributed by atoms with Crippen LogP contribution in [0.15, 0.2) is 59.8 Å². The zero-order chi connectivity index (χ0) is 21.5. The Bertz CT molecular complexity index is 1040. The lowest BCUT2D eigenvalue weighted by Gasteiger charge is -2.12. The summed E-state index contributed by atoms with van der Waals surface area (Å²) in [6.45, 7) is 4.16. The predicted molar refractivity (Wildman–Crippen MR) is 118 cm³/mol. The number of thioether (sulfide) groups is 1. The average molecular weight is 424 g/mol. The third kappa shape index (κ3) is 5.33. The van der Waals surface area contributed by atoms with E-state index in [0.29, 0.717) is 22.1 Å². The topological polar surface area (TPSA) is 57.7 Å². The van der Waals surface area contributed by atoms with Crippen LogP contribution >= 0.6 is 11.8 Å². The standard InChI is InChI=1S/C24H25NO4S/c1-16-7-9-21(27-3)18(12-16)14-29-24(26)20-6-5-11-25-23(20)30-15-19-13-17(2)8-10-22(19)28-4/h5-13H,14-15H2,1-4H3. The molecule has 5 nitrogen and oxygen atoms in total. The van der Waals surface area contributed by atoms with Crippen LogP contribution in [0.1, 0.15) is 32.6 Å². The smallest absolute Gasteiger partial charge is 0.341 e. The molecule has 0 unspecified atom stereocenters. The highest BCUT2D eigenvalue weighted by atomic mass is 32.2. The first-order valence-corrected chi connectivity index (χ1v) is 10.5. The molecule has 0 fully saturated rings. The third-order valence-corrected chi connectivity index (χ3v) is 5.64. The quantitative estimate of drug-likeness (QED) is 0.359. The number of pyridine rings is 1. The molecule has 0 saturated heterocycles. The molecule has 0 aliphatic rings. The number of hydrogen-bond donors (Lipinski definition) is 0. The third-order valence-electron chi connectivity index (χ3n) is 4.59. The van der Waals surface area contributed by atoms with Crippen LogP contribution < -0.4 is 9.47 Å². The van der Waals surface area contributed by atoms with Gasteiger partial charge in [-0.1, -0.05) is 29.3 Å². The summed E-state index contributed by atoms with van der Waals surface area (Å²) in [5.74, 6) is 1.74.